The Balaban J connectivity index is 1.97. The minimum absolute atomic E-state index is 0.587. The summed E-state index contributed by atoms with van der Waals surface area (Å²) in [6, 6.07) is 12.0. The second-order valence-corrected chi connectivity index (χ2v) is 6.45. The van der Waals surface area contributed by atoms with Gasteiger partial charge in [0.2, 0.25) is 0 Å². The smallest absolute Gasteiger partial charge is 0.309 e. The molecule has 0 atom stereocenters. The lowest BCUT2D eigenvalue weighted by atomic mass is 9.96. The van der Waals surface area contributed by atoms with E-state index in [2.05, 4.69) is 5.32 Å². The molecule has 0 saturated carbocycles. The molecule has 1 N–H and O–H groups in total. The molecule has 0 unspecified atom stereocenters. The van der Waals surface area contributed by atoms with Gasteiger partial charge in [-0.1, -0.05) is 30.0 Å². The van der Waals surface area contributed by atoms with Gasteiger partial charge in [0.05, 0.1) is 5.56 Å². The lowest BCUT2D eigenvalue weighted by Crippen LogP contribution is -2.10. The average Bonchev–Trinajstić information content (AvgIpc) is 2.92. The SMILES string of the molecule is FC(F)(F)c1ccc2c(c1)C1=C(CNC1)c1ccccc1S2. The quantitative estimate of drug-likeness (QED) is 0.756. The van der Waals surface area contributed by atoms with E-state index in [-0.39, 0.29) is 0 Å². The summed E-state index contributed by atoms with van der Waals surface area (Å²) in [7, 11) is 0. The summed E-state index contributed by atoms with van der Waals surface area (Å²) < 4.78 is 39.1. The van der Waals surface area contributed by atoms with Gasteiger partial charge >= 0.3 is 6.18 Å². The molecule has 0 fully saturated rings. The molecule has 4 rings (SSSR count). The third-order valence-electron chi connectivity index (χ3n) is 4.03. The van der Waals surface area contributed by atoms with Crippen LogP contribution in [0.25, 0.3) is 11.1 Å². The molecule has 0 spiro atoms. The molecule has 0 amide bonds. The van der Waals surface area contributed by atoms with Crippen LogP contribution in [0.4, 0.5) is 13.2 Å². The highest BCUT2D eigenvalue weighted by atomic mass is 32.2. The molecule has 2 aromatic rings. The Morgan fingerprint density at radius 3 is 2.32 bits per heavy atom. The first-order valence-corrected chi connectivity index (χ1v) is 7.77. The van der Waals surface area contributed by atoms with Crippen LogP contribution in [-0.2, 0) is 6.18 Å². The first-order valence-electron chi connectivity index (χ1n) is 6.95. The largest absolute Gasteiger partial charge is 0.416 e. The highest BCUT2D eigenvalue weighted by Gasteiger charge is 2.33. The summed E-state index contributed by atoms with van der Waals surface area (Å²) in [5.74, 6) is 0. The Morgan fingerprint density at radius 1 is 0.864 bits per heavy atom. The van der Waals surface area contributed by atoms with Crippen molar-refractivity contribution in [3.05, 3.63) is 59.2 Å². The van der Waals surface area contributed by atoms with Gasteiger partial charge < -0.3 is 5.32 Å². The van der Waals surface area contributed by atoms with Crippen LogP contribution in [0.3, 0.4) is 0 Å². The minimum Gasteiger partial charge on any atom is -0.309 e. The molecule has 2 aromatic carbocycles. The fraction of sp³-hybridized carbons (Fsp3) is 0.176. The average molecular weight is 319 g/mol. The topological polar surface area (TPSA) is 12.0 Å². The van der Waals surface area contributed by atoms with Gasteiger partial charge in [-0.15, -0.1) is 0 Å². The van der Waals surface area contributed by atoms with Gasteiger partial charge in [-0.05, 0) is 46.5 Å². The summed E-state index contributed by atoms with van der Waals surface area (Å²) in [5.41, 5.74) is 3.34. The second-order valence-electron chi connectivity index (χ2n) is 5.37. The van der Waals surface area contributed by atoms with E-state index in [1.807, 2.05) is 24.3 Å². The minimum atomic E-state index is -4.31. The number of halogens is 3. The van der Waals surface area contributed by atoms with Crippen molar-refractivity contribution in [2.24, 2.45) is 0 Å². The molecule has 112 valence electrons. The summed E-state index contributed by atoms with van der Waals surface area (Å²) >= 11 is 1.54. The van der Waals surface area contributed by atoms with Crippen molar-refractivity contribution in [2.45, 2.75) is 16.0 Å². The van der Waals surface area contributed by atoms with Crippen LogP contribution in [0.5, 0.6) is 0 Å². The van der Waals surface area contributed by atoms with Crippen molar-refractivity contribution in [1.82, 2.24) is 5.32 Å². The highest BCUT2D eigenvalue weighted by molar-refractivity contribution is 7.99. The van der Waals surface area contributed by atoms with Crippen LogP contribution in [0.2, 0.25) is 0 Å². The molecule has 0 aliphatic carbocycles. The van der Waals surface area contributed by atoms with Crippen LogP contribution in [0, 0.1) is 0 Å². The number of alkyl halides is 3. The summed E-state index contributed by atoms with van der Waals surface area (Å²) in [5, 5.41) is 3.27. The van der Waals surface area contributed by atoms with Crippen LogP contribution in [-0.4, -0.2) is 13.1 Å². The van der Waals surface area contributed by atoms with E-state index < -0.39 is 11.7 Å². The predicted octanol–water partition coefficient (Wildman–Crippen LogP) is 4.68. The fourth-order valence-electron chi connectivity index (χ4n) is 3.00. The lowest BCUT2D eigenvalue weighted by molar-refractivity contribution is -0.137. The number of hydrogen-bond donors (Lipinski definition) is 1. The van der Waals surface area contributed by atoms with Gasteiger partial charge in [0.1, 0.15) is 0 Å². The van der Waals surface area contributed by atoms with E-state index in [0.29, 0.717) is 18.7 Å². The molecule has 0 saturated heterocycles. The van der Waals surface area contributed by atoms with E-state index in [4.69, 9.17) is 0 Å². The first kappa shape index (κ1) is 13.9. The van der Waals surface area contributed by atoms with Gasteiger partial charge in [-0.25, -0.2) is 0 Å². The van der Waals surface area contributed by atoms with Gasteiger partial charge in [0, 0.05) is 22.9 Å². The number of nitrogens with one attached hydrogen (secondary N) is 1. The van der Waals surface area contributed by atoms with Crippen molar-refractivity contribution in [3.63, 3.8) is 0 Å². The second kappa shape index (κ2) is 4.89. The van der Waals surface area contributed by atoms with Crippen molar-refractivity contribution < 1.29 is 13.2 Å². The van der Waals surface area contributed by atoms with E-state index in [1.165, 1.54) is 12.1 Å². The van der Waals surface area contributed by atoms with Gasteiger partial charge in [-0.2, -0.15) is 13.2 Å². The standard InChI is InChI=1S/C17H12F3NS/c18-17(19,20)10-5-6-16-12(7-10)14-9-21-8-13(14)11-3-1-2-4-15(11)22-16/h1-7,21H,8-9H2. The van der Waals surface area contributed by atoms with Crippen LogP contribution < -0.4 is 5.32 Å². The molecule has 0 aromatic heterocycles. The van der Waals surface area contributed by atoms with E-state index in [0.717, 1.165) is 26.5 Å². The molecule has 1 nitrogen and oxygen atoms in total. The molecular weight excluding hydrogens is 307 g/mol. The lowest BCUT2D eigenvalue weighted by Gasteiger charge is -2.13. The predicted molar refractivity (Wildman–Crippen MR) is 81.7 cm³/mol. The third-order valence-corrected chi connectivity index (χ3v) is 5.18. The van der Waals surface area contributed by atoms with E-state index >= 15 is 0 Å². The first-order chi connectivity index (χ1) is 10.5. The van der Waals surface area contributed by atoms with Gasteiger partial charge in [0.15, 0.2) is 0 Å². The number of benzene rings is 2. The Bertz CT molecular complexity index is 793. The zero-order valence-corrected chi connectivity index (χ0v) is 12.3. The zero-order chi connectivity index (χ0) is 15.3. The van der Waals surface area contributed by atoms with Crippen molar-refractivity contribution in [1.29, 1.82) is 0 Å². The Labute approximate surface area is 130 Å². The highest BCUT2D eigenvalue weighted by Crippen LogP contribution is 2.46. The Kier molecular flexibility index (Phi) is 3.09. The van der Waals surface area contributed by atoms with Crippen molar-refractivity contribution >= 4 is 22.9 Å². The van der Waals surface area contributed by atoms with Crippen LogP contribution in [0.15, 0.2) is 52.3 Å². The molecule has 2 aliphatic rings. The van der Waals surface area contributed by atoms with Crippen LogP contribution >= 0.6 is 11.8 Å². The fourth-order valence-corrected chi connectivity index (χ4v) is 4.11. The molecular formula is C17H12F3NS. The number of rotatable bonds is 0. The van der Waals surface area contributed by atoms with Gasteiger partial charge in [-0.3, -0.25) is 0 Å². The molecule has 2 heterocycles. The third kappa shape index (κ3) is 2.16. The maximum absolute atomic E-state index is 13.0. The van der Waals surface area contributed by atoms with Crippen molar-refractivity contribution in [2.75, 3.05) is 13.1 Å². The Hall–Kier alpha value is -1.72. The van der Waals surface area contributed by atoms with E-state index in [1.54, 1.807) is 17.8 Å². The zero-order valence-electron chi connectivity index (χ0n) is 11.5. The molecule has 0 radical (unpaired) electrons. The molecule has 22 heavy (non-hydrogen) atoms. The Morgan fingerprint density at radius 2 is 1.55 bits per heavy atom. The summed E-state index contributed by atoms with van der Waals surface area (Å²) in [4.78, 5) is 1.98. The monoisotopic (exact) mass is 319 g/mol. The molecule has 0 bridgehead atoms. The normalized spacial score (nSPS) is 16.9. The summed E-state index contributed by atoms with van der Waals surface area (Å²) in [6.45, 7) is 1.31. The maximum Gasteiger partial charge on any atom is 0.416 e. The maximum atomic E-state index is 13.0. The molecule has 2 aliphatic heterocycles. The van der Waals surface area contributed by atoms with Crippen molar-refractivity contribution in [3.8, 4) is 0 Å². The summed E-state index contributed by atoms with van der Waals surface area (Å²) in [6.07, 6.45) is -4.31. The number of hydrogen-bond acceptors (Lipinski definition) is 2. The number of fused-ring (bicyclic) bond motifs is 4. The van der Waals surface area contributed by atoms with Gasteiger partial charge in [0.25, 0.3) is 0 Å². The van der Waals surface area contributed by atoms with E-state index in [9.17, 15) is 13.2 Å². The van der Waals surface area contributed by atoms with Crippen LogP contribution in [0.1, 0.15) is 16.7 Å². The molecule has 5 heteroatoms.